The van der Waals surface area contributed by atoms with Gasteiger partial charge in [-0.05, 0) is 37.2 Å². The van der Waals surface area contributed by atoms with Crippen LogP contribution in [-0.2, 0) is 0 Å². The lowest BCUT2D eigenvalue weighted by Gasteiger charge is -2.24. The Labute approximate surface area is 107 Å². The van der Waals surface area contributed by atoms with E-state index in [0.717, 1.165) is 5.95 Å². The van der Waals surface area contributed by atoms with Gasteiger partial charge >= 0.3 is 0 Å². The molecule has 0 bridgehead atoms. The monoisotopic (exact) mass is 251 g/mol. The Hall–Kier alpha value is -0.640. The van der Waals surface area contributed by atoms with Gasteiger partial charge in [-0.3, -0.25) is 0 Å². The summed E-state index contributed by atoms with van der Waals surface area (Å²) in [5, 5.41) is 3.64. The summed E-state index contributed by atoms with van der Waals surface area (Å²) in [6.07, 6.45) is 12.1. The van der Waals surface area contributed by atoms with Crippen LogP contribution in [0.1, 0.15) is 44.6 Å². The van der Waals surface area contributed by atoms with Crippen LogP contribution in [0.25, 0.3) is 0 Å². The number of rotatable bonds is 3. The van der Waals surface area contributed by atoms with Crippen molar-refractivity contribution in [2.75, 3.05) is 16.8 Å². The Balaban J connectivity index is 1.67. The van der Waals surface area contributed by atoms with Crippen LogP contribution in [0.15, 0.2) is 12.4 Å². The minimum Gasteiger partial charge on any atom is -0.353 e. The van der Waals surface area contributed by atoms with Crippen molar-refractivity contribution in [3.05, 3.63) is 12.4 Å². The summed E-state index contributed by atoms with van der Waals surface area (Å²) in [6, 6.07) is 1.33. The fourth-order valence-electron chi connectivity index (χ4n) is 2.93. The van der Waals surface area contributed by atoms with Gasteiger partial charge in [0.2, 0.25) is 5.95 Å². The first-order valence-corrected chi connectivity index (χ1v) is 7.96. The Morgan fingerprint density at radius 3 is 2.71 bits per heavy atom. The first-order valence-electron chi connectivity index (χ1n) is 6.80. The summed E-state index contributed by atoms with van der Waals surface area (Å²) in [5.41, 5.74) is 0. The van der Waals surface area contributed by atoms with Crippen LogP contribution in [0.5, 0.6) is 0 Å². The third-order valence-corrected chi connectivity index (χ3v) is 4.99. The van der Waals surface area contributed by atoms with E-state index in [2.05, 4.69) is 32.8 Å². The highest BCUT2D eigenvalue weighted by atomic mass is 32.2. The summed E-state index contributed by atoms with van der Waals surface area (Å²) < 4.78 is 2.37. The summed E-state index contributed by atoms with van der Waals surface area (Å²) in [7, 11) is 0. The molecule has 94 valence electrons. The normalized spacial score (nSPS) is 23.1. The molecule has 0 atom stereocenters. The lowest BCUT2D eigenvalue weighted by Crippen LogP contribution is -2.26. The molecule has 2 fully saturated rings. The predicted octanol–water partition coefficient (Wildman–Crippen LogP) is 3.31. The van der Waals surface area contributed by atoms with Crippen molar-refractivity contribution < 1.29 is 0 Å². The van der Waals surface area contributed by atoms with Gasteiger partial charge in [-0.1, -0.05) is 12.8 Å². The lowest BCUT2D eigenvalue weighted by molar-refractivity contribution is 0.517. The average Bonchev–Trinajstić information content (AvgIpc) is 3.00. The zero-order chi connectivity index (χ0) is 11.5. The number of thioether (sulfide) groups is 1. The van der Waals surface area contributed by atoms with E-state index in [4.69, 9.17) is 0 Å². The third-order valence-electron chi connectivity index (χ3n) is 3.94. The summed E-state index contributed by atoms with van der Waals surface area (Å²) in [4.78, 5) is 4.50. The Kier molecular flexibility index (Phi) is 3.60. The highest BCUT2D eigenvalue weighted by Crippen LogP contribution is 2.32. The van der Waals surface area contributed by atoms with Gasteiger partial charge in [0.25, 0.3) is 0 Å². The molecule has 0 amide bonds. The standard InChI is InChI=1S/C13H21N3S/c1-2-4-12(3-1)16-8-7-14-13(16)15-11-5-9-17-10-6-11/h7-8,11-12H,1-6,9-10H2,(H,14,15). The summed E-state index contributed by atoms with van der Waals surface area (Å²) in [6.45, 7) is 0. The minimum atomic E-state index is 0.638. The zero-order valence-electron chi connectivity index (χ0n) is 10.3. The number of hydrogen-bond acceptors (Lipinski definition) is 3. The van der Waals surface area contributed by atoms with E-state index < -0.39 is 0 Å². The van der Waals surface area contributed by atoms with Gasteiger partial charge in [0.1, 0.15) is 0 Å². The molecule has 0 aromatic carbocycles. The van der Waals surface area contributed by atoms with E-state index in [0.29, 0.717) is 12.1 Å². The van der Waals surface area contributed by atoms with Crippen molar-refractivity contribution in [1.29, 1.82) is 0 Å². The first kappa shape index (κ1) is 11.5. The van der Waals surface area contributed by atoms with E-state index in [1.165, 1.54) is 50.0 Å². The molecule has 0 spiro atoms. The number of imidazole rings is 1. The molecule has 1 saturated heterocycles. The maximum Gasteiger partial charge on any atom is 0.203 e. The maximum atomic E-state index is 4.50. The molecule has 3 nitrogen and oxygen atoms in total. The molecule has 1 saturated carbocycles. The molecular weight excluding hydrogens is 230 g/mol. The van der Waals surface area contributed by atoms with Crippen LogP contribution in [0.3, 0.4) is 0 Å². The Morgan fingerprint density at radius 2 is 1.94 bits per heavy atom. The molecule has 0 radical (unpaired) electrons. The van der Waals surface area contributed by atoms with Gasteiger partial charge in [-0.2, -0.15) is 11.8 Å². The molecule has 3 rings (SSSR count). The average molecular weight is 251 g/mol. The second kappa shape index (κ2) is 5.34. The molecule has 1 aliphatic heterocycles. The molecule has 1 N–H and O–H groups in total. The number of nitrogens with zero attached hydrogens (tertiary/aromatic N) is 2. The molecule has 1 aromatic heterocycles. The Bertz CT molecular complexity index is 351. The smallest absolute Gasteiger partial charge is 0.203 e. The maximum absolute atomic E-state index is 4.50. The van der Waals surface area contributed by atoms with Crippen LogP contribution in [0.2, 0.25) is 0 Å². The number of aromatic nitrogens is 2. The second-order valence-corrected chi connectivity index (χ2v) is 6.35. The van der Waals surface area contributed by atoms with Gasteiger partial charge in [-0.25, -0.2) is 4.98 Å². The van der Waals surface area contributed by atoms with Crippen molar-refractivity contribution in [3.8, 4) is 0 Å². The molecule has 1 aliphatic carbocycles. The van der Waals surface area contributed by atoms with Crippen molar-refractivity contribution in [2.45, 2.75) is 50.6 Å². The minimum absolute atomic E-state index is 0.638. The van der Waals surface area contributed by atoms with Crippen LogP contribution in [-0.4, -0.2) is 27.1 Å². The van der Waals surface area contributed by atoms with Gasteiger partial charge in [0, 0.05) is 24.5 Å². The number of nitrogens with one attached hydrogen (secondary N) is 1. The van der Waals surface area contributed by atoms with Crippen molar-refractivity contribution in [2.24, 2.45) is 0 Å². The molecule has 4 heteroatoms. The van der Waals surface area contributed by atoms with Crippen LogP contribution in [0.4, 0.5) is 5.95 Å². The van der Waals surface area contributed by atoms with Gasteiger partial charge in [-0.15, -0.1) is 0 Å². The van der Waals surface area contributed by atoms with Gasteiger partial charge < -0.3 is 9.88 Å². The van der Waals surface area contributed by atoms with E-state index >= 15 is 0 Å². The van der Waals surface area contributed by atoms with Gasteiger partial charge in [0.15, 0.2) is 0 Å². The zero-order valence-corrected chi connectivity index (χ0v) is 11.1. The molecular formula is C13H21N3S. The summed E-state index contributed by atoms with van der Waals surface area (Å²) in [5.74, 6) is 3.69. The predicted molar refractivity (Wildman–Crippen MR) is 73.7 cm³/mol. The topological polar surface area (TPSA) is 29.9 Å². The van der Waals surface area contributed by atoms with E-state index in [-0.39, 0.29) is 0 Å². The largest absolute Gasteiger partial charge is 0.353 e. The van der Waals surface area contributed by atoms with E-state index in [1.54, 1.807) is 0 Å². The fourth-order valence-corrected chi connectivity index (χ4v) is 4.03. The SMILES string of the molecule is c1cn(C2CCCC2)c(NC2CCSCC2)n1. The summed E-state index contributed by atoms with van der Waals surface area (Å²) >= 11 is 2.07. The fraction of sp³-hybridized carbons (Fsp3) is 0.769. The number of hydrogen-bond donors (Lipinski definition) is 1. The molecule has 2 heterocycles. The molecule has 0 unspecified atom stereocenters. The third kappa shape index (κ3) is 2.62. The quantitative estimate of drug-likeness (QED) is 0.894. The number of anilines is 1. The van der Waals surface area contributed by atoms with Crippen molar-refractivity contribution in [1.82, 2.24) is 9.55 Å². The highest BCUT2D eigenvalue weighted by molar-refractivity contribution is 7.99. The van der Waals surface area contributed by atoms with Crippen LogP contribution in [0, 0.1) is 0 Å². The van der Waals surface area contributed by atoms with Crippen molar-refractivity contribution in [3.63, 3.8) is 0 Å². The van der Waals surface area contributed by atoms with E-state index in [1.807, 2.05) is 6.20 Å². The first-order chi connectivity index (χ1) is 8.43. The van der Waals surface area contributed by atoms with Crippen LogP contribution >= 0.6 is 11.8 Å². The second-order valence-electron chi connectivity index (χ2n) is 5.13. The lowest BCUT2D eigenvalue weighted by atomic mass is 10.1. The van der Waals surface area contributed by atoms with Crippen LogP contribution < -0.4 is 5.32 Å². The molecule has 1 aromatic rings. The highest BCUT2D eigenvalue weighted by Gasteiger charge is 2.21. The molecule has 2 aliphatic rings. The van der Waals surface area contributed by atoms with E-state index in [9.17, 15) is 0 Å². The molecule has 17 heavy (non-hydrogen) atoms. The van der Waals surface area contributed by atoms with Crippen molar-refractivity contribution >= 4 is 17.7 Å². The Morgan fingerprint density at radius 1 is 1.18 bits per heavy atom. The van der Waals surface area contributed by atoms with Gasteiger partial charge in [0.05, 0.1) is 0 Å².